The number of amides is 3. The molecule has 0 spiro atoms. The lowest BCUT2D eigenvalue weighted by molar-refractivity contribution is -0.148. The van der Waals surface area contributed by atoms with Crippen LogP contribution in [0.3, 0.4) is 0 Å². The molecule has 3 N–H and O–H groups in total. The predicted molar refractivity (Wildman–Crippen MR) is 160 cm³/mol. The average molecular weight is 574 g/mol. The highest BCUT2D eigenvalue weighted by molar-refractivity contribution is 6.34. The van der Waals surface area contributed by atoms with Gasteiger partial charge in [-0.2, -0.15) is 0 Å². The highest BCUT2D eigenvalue weighted by Gasteiger charge is 2.45. The highest BCUT2D eigenvalue weighted by Crippen LogP contribution is 2.39. The Balaban J connectivity index is 2.74. The number of aromatic hydroxyl groups is 1. The maximum absolute atomic E-state index is 14.5. The minimum absolute atomic E-state index is 0.0931. The first kappa shape index (κ1) is 32.9. The van der Waals surface area contributed by atoms with Gasteiger partial charge in [0, 0.05) is 11.1 Å². The molecule has 0 fully saturated rings. The molecule has 2 aromatic rings. The number of phenolic OH excluding ortho intramolecular Hbond substituents is 1. The van der Waals surface area contributed by atoms with Gasteiger partial charge < -0.3 is 25.4 Å². The lowest BCUT2D eigenvalue weighted by Crippen LogP contribution is -2.60. The van der Waals surface area contributed by atoms with Crippen LogP contribution in [0.1, 0.15) is 84.5 Å². The van der Waals surface area contributed by atoms with Crippen molar-refractivity contribution in [2.45, 2.75) is 98.9 Å². The molecular formula is C31H44ClN3O5. The molecule has 0 saturated carbocycles. The maximum Gasteiger partial charge on any atom is 0.408 e. The minimum Gasteiger partial charge on any atom is -0.507 e. The second-order valence-electron chi connectivity index (χ2n) is 12.1. The first-order chi connectivity index (χ1) is 18.4. The van der Waals surface area contributed by atoms with Crippen molar-refractivity contribution < 1.29 is 24.2 Å². The molecule has 2 unspecified atom stereocenters. The normalized spacial score (nSPS) is 13.4. The number of para-hydroxylation sites is 2. The number of aryl methyl sites for hydroxylation is 2. The van der Waals surface area contributed by atoms with Crippen molar-refractivity contribution in [2.24, 2.45) is 5.92 Å². The quantitative estimate of drug-likeness (QED) is 0.302. The SMILES string of the molecule is CCC(C)(C)N(C(=O)C(NC(=O)OC(C)(C)C)C(C)C)C(C(=O)Nc1c(C)cccc1Cl)c1cccc(C)c1O. The number of nitrogens with zero attached hydrogens (tertiary/aromatic N) is 1. The van der Waals surface area contributed by atoms with Crippen LogP contribution >= 0.6 is 11.6 Å². The molecule has 0 heterocycles. The maximum atomic E-state index is 14.5. The number of carbonyl (C=O) groups excluding carboxylic acids is 3. The molecule has 0 saturated heterocycles. The molecule has 2 aromatic carbocycles. The van der Waals surface area contributed by atoms with Crippen LogP contribution in [0.25, 0.3) is 0 Å². The smallest absolute Gasteiger partial charge is 0.408 e. The zero-order chi connectivity index (χ0) is 30.6. The number of phenols is 1. The number of alkyl carbamates (subject to hydrolysis) is 1. The van der Waals surface area contributed by atoms with Gasteiger partial charge in [-0.3, -0.25) is 9.59 Å². The number of nitrogens with one attached hydrogen (secondary N) is 2. The van der Waals surface area contributed by atoms with Gasteiger partial charge in [0.1, 0.15) is 23.4 Å². The fourth-order valence-electron chi connectivity index (χ4n) is 4.32. The third-order valence-corrected chi connectivity index (χ3v) is 7.21. The Bertz CT molecular complexity index is 1220. The van der Waals surface area contributed by atoms with E-state index in [0.717, 1.165) is 5.56 Å². The monoisotopic (exact) mass is 573 g/mol. The topological polar surface area (TPSA) is 108 Å². The summed E-state index contributed by atoms with van der Waals surface area (Å²) in [5.74, 6) is -1.46. The molecule has 220 valence electrons. The average Bonchev–Trinajstić information content (AvgIpc) is 2.83. The Morgan fingerprint density at radius 1 is 1.00 bits per heavy atom. The number of halogens is 1. The summed E-state index contributed by atoms with van der Waals surface area (Å²) in [6, 6.07) is 8.09. The second kappa shape index (κ2) is 12.9. The molecule has 0 aromatic heterocycles. The fourth-order valence-corrected chi connectivity index (χ4v) is 4.59. The molecule has 8 nitrogen and oxygen atoms in total. The molecule has 2 rings (SSSR count). The van der Waals surface area contributed by atoms with Crippen LogP contribution in [0.4, 0.5) is 10.5 Å². The van der Waals surface area contributed by atoms with Crippen LogP contribution < -0.4 is 10.6 Å². The van der Waals surface area contributed by atoms with Crippen LogP contribution in [-0.2, 0) is 14.3 Å². The largest absolute Gasteiger partial charge is 0.507 e. The van der Waals surface area contributed by atoms with Crippen molar-refractivity contribution in [1.29, 1.82) is 0 Å². The molecule has 0 aliphatic carbocycles. The highest BCUT2D eigenvalue weighted by atomic mass is 35.5. The van der Waals surface area contributed by atoms with E-state index in [2.05, 4.69) is 10.6 Å². The van der Waals surface area contributed by atoms with Gasteiger partial charge in [0.25, 0.3) is 5.91 Å². The summed E-state index contributed by atoms with van der Waals surface area (Å²) in [4.78, 5) is 42.9. The van der Waals surface area contributed by atoms with Crippen LogP contribution in [0.5, 0.6) is 5.75 Å². The number of carbonyl (C=O) groups is 3. The molecule has 0 aliphatic heterocycles. The van der Waals surface area contributed by atoms with Gasteiger partial charge in [0.2, 0.25) is 5.91 Å². The molecule has 9 heteroatoms. The third kappa shape index (κ3) is 7.90. The molecule has 3 amide bonds. The second-order valence-corrected chi connectivity index (χ2v) is 12.5. The molecule has 0 radical (unpaired) electrons. The Morgan fingerprint density at radius 3 is 2.10 bits per heavy atom. The van der Waals surface area contributed by atoms with Gasteiger partial charge in [-0.25, -0.2) is 4.79 Å². The van der Waals surface area contributed by atoms with Gasteiger partial charge in [-0.05, 0) is 78.0 Å². The predicted octanol–water partition coefficient (Wildman–Crippen LogP) is 6.91. The van der Waals surface area contributed by atoms with Crippen LogP contribution in [0.15, 0.2) is 36.4 Å². The molecule has 40 heavy (non-hydrogen) atoms. The van der Waals surface area contributed by atoms with Crippen molar-refractivity contribution in [3.05, 3.63) is 58.1 Å². The first-order valence-corrected chi connectivity index (χ1v) is 14.0. The van der Waals surface area contributed by atoms with Gasteiger partial charge in [-0.15, -0.1) is 0 Å². The zero-order valence-corrected chi connectivity index (χ0v) is 26.1. The zero-order valence-electron chi connectivity index (χ0n) is 25.3. The Labute approximate surface area is 243 Å². The minimum atomic E-state index is -1.25. The van der Waals surface area contributed by atoms with Gasteiger partial charge in [0.15, 0.2) is 0 Å². The van der Waals surface area contributed by atoms with E-state index in [9.17, 15) is 19.5 Å². The van der Waals surface area contributed by atoms with E-state index in [1.165, 1.54) is 4.90 Å². The van der Waals surface area contributed by atoms with Crippen LogP contribution in [0.2, 0.25) is 5.02 Å². The van der Waals surface area contributed by atoms with Crippen LogP contribution in [-0.4, -0.2) is 45.1 Å². The summed E-state index contributed by atoms with van der Waals surface area (Å²) >= 11 is 6.44. The molecule has 0 bridgehead atoms. The van der Waals surface area contributed by atoms with E-state index >= 15 is 0 Å². The van der Waals surface area contributed by atoms with Gasteiger partial charge >= 0.3 is 6.09 Å². The Kier molecular flexibility index (Phi) is 10.7. The lowest BCUT2D eigenvalue weighted by atomic mass is 9.89. The Morgan fingerprint density at radius 2 is 1.57 bits per heavy atom. The van der Waals surface area contributed by atoms with E-state index in [1.54, 1.807) is 58.0 Å². The standard InChI is InChI=1S/C31H44ClN3O5/c1-11-31(9,10)35(28(38)23(18(2)3)34-29(39)40-30(6,7)8)25(21-16-12-15-20(5)26(21)36)27(37)33-24-19(4)14-13-17-22(24)32/h12-18,23,25,36H,11H2,1-10H3,(H,33,37)(H,34,39). The van der Waals surface area contributed by atoms with Crippen LogP contribution in [0, 0.1) is 19.8 Å². The summed E-state index contributed by atoms with van der Waals surface area (Å²) in [7, 11) is 0. The van der Waals surface area contributed by atoms with Crippen molar-refractivity contribution >= 4 is 35.2 Å². The van der Waals surface area contributed by atoms with E-state index in [4.69, 9.17) is 16.3 Å². The molecular weight excluding hydrogens is 530 g/mol. The van der Waals surface area contributed by atoms with Gasteiger partial charge in [-0.1, -0.05) is 62.7 Å². The van der Waals surface area contributed by atoms with E-state index in [0.29, 0.717) is 22.7 Å². The summed E-state index contributed by atoms with van der Waals surface area (Å²) in [6.45, 7) is 18.0. The number of benzene rings is 2. The summed E-state index contributed by atoms with van der Waals surface area (Å²) in [6.07, 6.45) is -0.253. The number of anilines is 1. The van der Waals surface area contributed by atoms with E-state index in [-0.39, 0.29) is 17.2 Å². The summed E-state index contributed by atoms with van der Waals surface area (Å²) in [5, 5.41) is 17.1. The van der Waals surface area contributed by atoms with E-state index in [1.807, 2.05) is 47.6 Å². The Hall–Kier alpha value is -3.26. The number of ether oxygens (including phenoxy) is 1. The van der Waals surface area contributed by atoms with Crippen molar-refractivity contribution in [1.82, 2.24) is 10.2 Å². The molecule has 0 aliphatic rings. The lowest BCUT2D eigenvalue weighted by Gasteiger charge is -2.45. The molecule has 2 atom stereocenters. The summed E-state index contributed by atoms with van der Waals surface area (Å²) < 4.78 is 5.44. The number of hydrogen-bond acceptors (Lipinski definition) is 5. The number of hydrogen-bond donors (Lipinski definition) is 3. The third-order valence-electron chi connectivity index (χ3n) is 6.90. The van der Waals surface area contributed by atoms with Crippen molar-refractivity contribution in [3.8, 4) is 5.75 Å². The van der Waals surface area contributed by atoms with Crippen molar-refractivity contribution in [2.75, 3.05) is 5.32 Å². The fraction of sp³-hybridized carbons (Fsp3) is 0.516. The van der Waals surface area contributed by atoms with Gasteiger partial charge in [0.05, 0.1) is 10.7 Å². The van der Waals surface area contributed by atoms with Crippen molar-refractivity contribution in [3.63, 3.8) is 0 Å². The first-order valence-electron chi connectivity index (χ1n) is 13.6. The number of rotatable bonds is 9. The summed E-state index contributed by atoms with van der Waals surface area (Å²) in [5.41, 5.74) is 0.343. The van der Waals surface area contributed by atoms with E-state index < -0.39 is 41.1 Å².